The molecule has 56 heavy (non-hydrogen) atoms. The molecule has 0 aliphatic heterocycles. The molecule has 0 fully saturated rings. The first-order valence-corrected chi connectivity index (χ1v) is 19.5. The predicted molar refractivity (Wildman–Crippen MR) is 240 cm³/mol. The number of aromatic nitrogens is 1. The Kier molecular flexibility index (Phi) is 8.28. The van der Waals surface area contributed by atoms with Crippen LogP contribution in [0.2, 0.25) is 0 Å². The lowest BCUT2D eigenvalue weighted by Crippen LogP contribution is -2.17. The van der Waals surface area contributed by atoms with Crippen molar-refractivity contribution in [2.75, 3.05) is 4.90 Å². The maximum Gasteiger partial charge on any atom is 0.130 e. The zero-order valence-electron chi connectivity index (χ0n) is 30.5. The highest BCUT2D eigenvalue weighted by Gasteiger charge is 2.20. The van der Waals surface area contributed by atoms with E-state index in [1.165, 1.54) is 31.1 Å². The molecule has 266 valence electrons. The van der Waals surface area contributed by atoms with Gasteiger partial charge in [0.1, 0.15) is 5.82 Å². The fourth-order valence-corrected chi connectivity index (χ4v) is 9.17. The highest BCUT2D eigenvalue weighted by atomic mass is 32.1. The molecule has 1 aliphatic rings. The van der Waals surface area contributed by atoms with Crippen LogP contribution in [0.5, 0.6) is 0 Å². The van der Waals surface area contributed by atoms with Crippen LogP contribution < -0.4 is 10.6 Å². The fraction of sp³-hybridized carbons (Fsp3) is 0. The third-order valence-electron chi connectivity index (χ3n) is 10.6. The number of anilines is 2. The van der Waals surface area contributed by atoms with E-state index in [2.05, 4.69) is 156 Å². The Balaban J connectivity index is 1.12. The van der Waals surface area contributed by atoms with E-state index < -0.39 is 0 Å². The topological polar surface area (TPSA) is 46.5 Å². The molecular weight excluding hydrogens is 701 g/mol. The van der Waals surface area contributed by atoms with Crippen molar-refractivity contribution in [1.29, 1.82) is 0 Å². The van der Waals surface area contributed by atoms with Crippen LogP contribution >= 0.6 is 11.3 Å². The molecule has 5 heteroatoms. The number of allylic oxidation sites excluding steroid dienone is 5. The second-order valence-corrected chi connectivity index (χ2v) is 14.9. The molecule has 2 aromatic heterocycles. The minimum Gasteiger partial charge on any atom is -0.398 e. The minimum atomic E-state index is 0.573. The summed E-state index contributed by atoms with van der Waals surface area (Å²) >= 11 is 1.85. The molecule has 0 atom stereocenters. The number of fused-ring (bicyclic) bond motifs is 6. The fourth-order valence-electron chi connectivity index (χ4n) is 7.93. The lowest BCUT2D eigenvalue weighted by Gasteiger charge is -2.26. The highest BCUT2D eigenvalue weighted by molar-refractivity contribution is 7.26. The van der Waals surface area contributed by atoms with E-state index >= 15 is 0 Å². The van der Waals surface area contributed by atoms with Gasteiger partial charge in [0.05, 0.1) is 16.7 Å². The first kappa shape index (κ1) is 33.4. The zero-order chi connectivity index (χ0) is 37.6. The molecule has 9 aromatic rings. The van der Waals surface area contributed by atoms with E-state index in [0.29, 0.717) is 11.5 Å². The Morgan fingerprint density at radius 2 is 1.25 bits per heavy atom. The number of thiophene rings is 1. The lowest BCUT2D eigenvalue weighted by molar-refractivity contribution is 1.13. The van der Waals surface area contributed by atoms with Crippen LogP contribution in [0.25, 0.3) is 64.5 Å². The van der Waals surface area contributed by atoms with Gasteiger partial charge in [-0.25, -0.2) is 4.99 Å². The normalized spacial score (nSPS) is 14.3. The monoisotopic (exact) mass is 736 g/mol. The number of nitrogens with zero attached hydrogens (tertiary/aromatic N) is 3. The van der Waals surface area contributed by atoms with Crippen molar-refractivity contribution < 1.29 is 0 Å². The van der Waals surface area contributed by atoms with Gasteiger partial charge < -0.3 is 10.3 Å². The van der Waals surface area contributed by atoms with Crippen molar-refractivity contribution in [2.24, 2.45) is 10.7 Å². The SMILES string of the molecule is C=C(N=C1C=CC=C/C1=C(/N)c1ccccc1)N(c1ccc(-c2cccc3c2sc2ccccc23)cc1)c1ccc2c(c1)c1ccccc1n2-c1ccccc1. The second kappa shape index (κ2) is 13.9. The lowest BCUT2D eigenvalue weighted by atomic mass is 9.99. The van der Waals surface area contributed by atoms with E-state index in [1.54, 1.807) is 0 Å². The maximum atomic E-state index is 6.80. The molecule has 2 N–H and O–H groups in total. The number of para-hydroxylation sites is 2. The average Bonchev–Trinajstić information content (AvgIpc) is 3.80. The molecular formula is C51H36N4S. The molecule has 0 radical (unpaired) electrons. The first-order chi connectivity index (χ1) is 27.6. The molecule has 0 saturated carbocycles. The Morgan fingerprint density at radius 3 is 2.07 bits per heavy atom. The molecule has 7 aromatic carbocycles. The third-order valence-corrected chi connectivity index (χ3v) is 11.8. The standard InChI is InChI=1S/C51H36N4S/c1-34(53-46-24-11-8-21-44(46)50(52)36-15-4-2-5-16-36)54(38-29-27-35(28-30-38)40-22-14-23-43-42-20-10-13-26-49(42)56-51(40)43)39-31-32-48-45(33-39)41-19-9-12-25-47(41)55(48)37-17-6-3-7-18-37/h2-33H,1,52H2/b50-44-,53-46?. The Hall–Kier alpha value is -7.21. The number of rotatable bonds is 7. The van der Waals surface area contributed by atoms with Crippen LogP contribution in [0, 0.1) is 0 Å². The molecule has 0 spiro atoms. The summed E-state index contributed by atoms with van der Waals surface area (Å²) in [4.78, 5) is 7.37. The predicted octanol–water partition coefficient (Wildman–Crippen LogP) is 13.4. The van der Waals surface area contributed by atoms with Crippen molar-refractivity contribution in [1.82, 2.24) is 4.57 Å². The molecule has 1 aliphatic carbocycles. The van der Waals surface area contributed by atoms with Crippen LogP contribution in [-0.4, -0.2) is 10.3 Å². The van der Waals surface area contributed by atoms with Crippen LogP contribution in [0.3, 0.4) is 0 Å². The summed E-state index contributed by atoms with van der Waals surface area (Å²) in [6, 6.07) is 59.9. The number of hydrogen-bond acceptors (Lipinski definition) is 4. The van der Waals surface area contributed by atoms with Gasteiger partial charge in [0.25, 0.3) is 0 Å². The number of hydrogen-bond donors (Lipinski definition) is 1. The summed E-state index contributed by atoms with van der Waals surface area (Å²) < 4.78 is 4.92. The summed E-state index contributed by atoms with van der Waals surface area (Å²) in [5.41, 5.74) is 17.7. The molecule has 0 unspecified atom stereocenters. The van der Waals surface area contributed by atoms with E-state index in [4.69, 9.17) is 10.7 Å². The molecule has 0 saturated heterocycles. The summed E-state index contributed by atoms with van der Waals surface area (Å²) in [7, 11) is 0. The Morgan fingerprint density at radius 1 is 0.589 bits per heavy atom. The maximum absolute atomic E-state index is 6.80. The van der Waals surface area contributed by atoms with Crippen LogP contribution in [-0.2, 0) is 0 Å². The highest BCUT2D eigenvalue weighted by Crippen LogP contribution is 2.42. The minimum absolute atomic E-state index is 0.573. The summed E-state index contributed by atoms with van der Waals surface area (Å²) in [6.07, 6.45) is 8.01. The van der Waals surface area contributed by atoms with E-state index in [-0.39, 0.29) is 0 Å². The van der Waals surface area contributed by atoms with E-state index in [9.17, 15) is 0 Å². The summed E-state index contributed by atoms with van der Waals surface area (Å²) in [5, 5.41) is 4.91. The average molecular weight is 737 g/mol. The number of aliphatic imine (C=N–C) groups is 1. The first-order valence-electron chi connectivity index (χ1n) is 18.7. The molecule has 0 amide bonds. The van der Waals surface area contributed by atoms with Gasteiger partial charge in [-0.05, 0) is 77.4 Å². The van der Waals surface area contributed by atoms with Gasteiger partial charge >= 0.3 is 0 Å². The summed E-state index contributed by atoms with van der Waals surface area (Å²) in [6.45, 7) is 4.62. The van der Waals surface area contributed by atoms with Crippen molar-refractivity contribution in [2.45, 2.75) is 0 Å². The van der Waals surface area contributed by atoms with Gasteiger partial charge in [-0.3, -0.25) is 4.90 Å². The molecule has 0 bridgehead atoms. The van der Waals surface area contributed by atoms with Gasteiger partial charge in [-0.1, -0.05) is 140 Å². The van der Waals surface area contributed by atoms with Gasteiger partial charge in [-0.2, -0.15) is 0 Å². The van der Waals surface area contributed by atoms with Gasteiger partial charge in [0.15, 0.2) is 0 Å². The van der Waals surface area contributed by atoms with Crippen molar-refractivity contribution in [3.05, 3.63) is 218 Å². The van der Waals surface area contributed by atoms with Gasteiger partial charge in [0, 0.05) is 59.3 Å². The van der Waals surface area contributed by atoms with Gasteiger partial charge in [0.2, 0.25) is 0 Å². The molecule has 10 rings (SSSR count). The van der Waals surface area contributed by atoms with Crippen molar-refractivity contribution in [3.8, 4) is 16.8 Å². The number of benzene rings is 7. The van der Waals surface area contributed by atoms with Crippen LogP contribution in [0.1, 0.15) is 5.56 Å². The Bertz CT molecular complexity index is 3090. The largest absolute Gasteiger partial charge is 0.398 e. The van der Waals surface area contributed by atoms with Crippen LogP contribution in [0.15, 0.2) is 217 Å². The molecule has 4 nitrogen and oxygen atoms in total. The third kappa shape index (κ3) is 5.74. The van der Waals surface area contributed by atoms with Gasteiger partial charge in [-0.15, -0.1) is 11.3 Å². The zero-order valence-corrected chi connectivity index (χ0v) is 31.3. The van der Waals surface area contributed by atoms with Crippen molar-refractivity contribution in [3.63, 3.8) is 0 Å². The smallest absolute Gasteiger partial charge is 0.130 e. The van der Waals surface area contributed by atoms with Crippen molar-refractivity contribution >= 4 is 76.1 Å². The quantitative estimate of drug-likeness (QED) is 0.177. The van der Waals surface area contributed by atoms with E-state index in [0.717, 1.165) is 55.9 Å². The Labute approximate surface area is 329 Å². The van der Waals surface area contributed by atoms with E-state index in [1.807, 2.05) is 66.0 Å². The van der Waals surface area contributed by atoms with Crippen LogP contribution in [0.4, 0.5) is 11.4 Å². The summed E-state index contributed by atoms with van der Waals surface area (Å²) in [5.74, 6) is 0.573. The number of nitrogens with two attached hydrogens (primary N) is 1. The molecule has 2 heterocycles. The second-order valence-electron chi connectivity index (χ2n) is 13.9.